The number of amides is 2. The minimum absolute atomic E-state index is 0.366. The minimum atomic E-state index is -0.999. The van der Waals surface area contributed by atoms with Crippen LogP contribution in [-0.4, -0.2) is 54.2 Å². The van der Waals surface area contributed by atoms with Crippen molar-refractivity contribution < 1.29 is 14.7 Å². The fourth-order valence-electron chi connectivity index (χ4n) is 2.00. The molecule has 1 heterocycles. The largest absolute Gasteiger partial charge is 0.480 e. The zero-order chi connectivity index (χ0) is 12.8. The van der Waals surface area contributed by atoms with Gasteiger partial charge in [0.25, 0.3) is 0 Å². The van der Waals surface area contributed by atoms with E-state index in [1.54, 1.807) is 6.92 Å². The molecule has 0 spiro atoms. The second-order valence-corrected chi connectivity index (χ2v) is 4.43. The highest BCUT2D eigenvalue weighted by atomic mass is 16.4. The van der Waals surface area contributed by atoms with Gasteiger partial charge in [0.2, 0.25) is 0 Å². The van der Waals surface area contributed by atoms with E-state index in [-0.39, 0.29) is 0 Å². The van der Waals surface area contributed by atoms with Crippen LogP contribution in [0.4, 0.5) is 4.79 Å². The average Bonchev–Trinajstić information content (AvgIpc) is 2.68. The molecular weight excluding hydrogens is 222 g/mol. The topological polar surface area (TPSA) is 81.7 Å². The highest BCUT2D eigenvalue weighted by Crippen LogP contribution is 2.13. The lowest BCUT2D eigenvalue weighted by molar-refractivity contribution is -0.139. The molecule has 17 heavy (non-hydrogen) atoms. The molecule has 1 rings (SSSR count). The predicted octanol–water partition coefficient (Wildman–Crippen LogP) is 0.243. The van der Waals surface area contributed by atoms with Crippen LogP contribution >= 0.6 is 0 Å². The maximum atomic E-state index is 11.5. The molecule has 6 heteroatoms. The van der Waals surface area contributed by atoms with E-state index in [0.717, 1.165) is 19.4 Å². The van der Waals surface area contributed by atoms with Gasteiger partial charge in [-0.05, 0) is 32.9 Å². The molecule has 1 fully saturated rings. The Morgan fingerprint density at radius 2 is 2.24 bits per heavy atom. The third kappa shape index (κ3) is 4.22. The maximum Gasteiger partial charge on any atom is 0.326 e. The van der Waals surface area contributed by atoms with Crippen molar-refractivity contribution in [3.05, 3.63) is 0 Å². The van der Waals surface area contributed by atoms with Crippen LogP contribution in [0.2, 0.25) is 0 Å². The first-order valence-electron chi connectivity index (χ1n) is 6.02. The van der Waals surface area contributed by atoms with Gasteiger partial charge in [0, 0.05) is 12.6 Å². The number of likely N-dealkylation sites (N-methyl/N-ethyl adjacent to an activating group) is 1. The third-order valence-corrected chi connectivity index (χ3v) is 3.18. The molecule has 0 saturated carbocycles. The van der Waals surface area contributed by atoms with E-state index in [1.165, 1.54) is 0 Å². The SMILES string of the molecule is CCC(NC(=O)NCC1CCCN1C)C(=O)O. The highest BCUT2D eigenvalue weighted by molar-refractivity contribution is 5.82. The summed E-state index contributed by atoms with van der Waals surface area (Å²) in [6, 6.07) is -0.846. The number of likely N-dealkylation sites (tertiary alicyclic amines) is 1. The number of carbonyl (C=O) groups is 2. The summed E-state index contributed by atoms with van der Waals surface area (Å²) in [7, 11) is 2.03. The zero-order valence-corrected chi connectivity index (χ0v) is 10.4. The van der Waals surface area contributed by atoms with E-state index in [4.69, 9.17) is 5.11 Å². The van der Waals surface area contributed by atoms with E-state index < -0.39 is 18.0 Å². The number of urea groups is 1. The Morgan fingerprint density at radius 1 is 1.53 bits per heavy atom. The van der Waals surface area contributed by atoms with Crippen molar-refractivity contribution in [1.82, 2.24) is 15.5 Å². The average molecular weight is 243 g/mol. The Bertz CT molecular complexity index is 283. The standard InChI is InChI=1S/C11H21N3O3/c1-3-9(10(15)16)13-11(17)12-7-8-5-4-6-14(8)2/h8-9H,3-7H2,1-2H3,(H,15,16)(H2,12,13,17). The van der Waals surface area contributed by atoms with Crippen molar-refractivity contribution >= 4 is 12.0 Å². The lowest BCUT2D eigenvalue weighted by Gasteiger charge is -2.20. The molecule has 0 bridgehead atoms. The molecule has 6 nitrogen and oxygen atoms in total. The van der Waals surface area contributed by atoms with Crippen LogP contribution < -0.4 is 10.6 Å². The summed E-state index contributed by atoms with van der Waals surface area (Å²) in [5.74, 6) is -0.999. The van der Waals surface area contributed by atoms with Crippen LogP contribution in [-0.2, 0) is 4.79 Å². The smallest absolute Gasteiger partial charge is 0.326 e. The van der Waals surface area contributed by atoms with Crippen LogP contribution in [0.25, 0.3) is 0 Å². The Morgan fingerprint density at radius 3 is 2.71 bits per heavy atom. The quantitative estimate of drug-likeness (QED) is 0.646. The Labute approximate surface area is 101 Å². The number of carboxylic acids is 1. The first-order chi connectivity index (χ1) is 8.04. The number of rotatable bonds is 5. The van der Waals surface area contributed by atoms with E-state index in [0.29, 0.717) is 19.0 Å². The molecule has 2 atom stereocenters. The second kappa shape index (κ2) is 6.44. The number of carboxylic acid groups (broad SMARTS) is 1. The van der Waals surface area contributed by atoms with Crippen LogP contribution in [0.1, 0.15) is 26.2 Å². The fourth-order valence-corrected chi connectivity index (χ4v) is 2.00. The molecule has 0 aromatic heterocycles. The van der Waals surface area contributed by atoms with E-state index in [2.05, 4.69) is 15.5 Å². The summed E-state index contributed by atoms with van der Waals surface area (Å²) in [6.45, 7) is 3.35. The molecule has 1 saturated heterocycles. The minimum Gasteiger partial charge on any atom is -0.480 e. The monoisotopic (exact) mass is 243 g/mol. The maximum absolute atomic E-state index is 11.5. The highest BCUT2D eigenvalue weighted by Gasteiger charge is 2.22. The van der Waals surface area contributed by atoms with Crippen molar-refractivity contribution in [2.45, 2.75) is 38.3 Å². The van der Waals surface area contributed by atoms with Crippen LogP contribution in [0.15, 0.2) is 0 Å². The Balaban J connectivity index is 2.27. The summed E-state index contributed by atoms with van der Waals surface area (Å²) in [5.41, 5.74) is 0. The molecule has 0 aliphatic carbocycles. The predicted molar refractivity (Wildman–Crippen MR) is 63.9 cm³/mol. The third-order valence-electron chi connectivity index (χ3n) is 3.18. The van der Waals surface area contributed by atoms with Crippen LogP contribution in [0.5, 0.6) is 0 Å². The van der Waals surface area contributed by atoms with E-state index in [9.17, 15) is 9.59 Å². The van der Waals surface area contributed by atoms with E-state index >= 15 is 0 Å². The lowest BCUT2D eigenvalue weighted by Crippen LogP contribution is -2.48. The number of hydrogen-bond donors (Lipinski definition) is 3. The molecule has 98 valence electrons. The number of nitrogens with zero attached hydrogens (tertiary/aromatic N) is 1. The van der Waals surface area contributed by atoms with Gasteiger partial charge in [-0.2, -0.15) is 0 Å². The number of carbonyl (C=O) groups excluding carboxylic acids is 1. The summed E-state index contributed by atoms with van der Waals surface area (Å²) in [6.07, 6.45) is 2.61. The van der Waals surface area contributed by atoms with Gasteiger partial charge in [0.15, 0.2) is 0 Å². The number of hydrogen-bond acceptors (Lipinski definition) is 3. The Kier molecular flexibility index (Phi) is 5.21. The number of nitrogens with one attached hydrogen (secondary N) is 2. The molecule has 0 aromatic carbocycles. The second-order valence-electron chi connectivity index (χ2n) is 4.43. The van der Waals surface area contributed by atoms with Crippen molar-refractivity contribution in [2.24, 2.45) is 0 Å². The van der Waals surface area contributed by atoms with Gasteiger partial charge in [-0.1, -0.05) is 6.92 Å². The van der Waals surface area contributed by atoms with Gasteiger partial charge in [-0.15, -0.1) is 0 Å². The van der Waals surface area contributed by atoms with Gasteiger partial charge in [0.1, 0.15) is 6.04 Å². The van der Waals surface area contributed by atoms with Crippen LogP contribution in [0.3, 0.4) is 0 Å². The summed E-state index contributed by atoms with van der Waals surface area (Å²) in [5, 5.41) is 13.9. The summed E-state index contributed by atoms with van der Waals surface area (Å²) >= 11 is 0. The summed E-state index contributed by atoms with van der Waals surface area (Å²) < 4.78 is 0. The molecule has 3 N–H and O–H groups in total. The molecule has 1 aliphatic heterocycles. The zero-order valence-electron chi connectivity index (χ0n) is 10.4. The molecular formula is C11H21N3O3. The van der Waals surface area contributed by atoms with Crippen molar-refractivity contribution in [1.29, 1.82) is 0 Å². The van der Waals surface area contributed by atoms with E-state index in [1.807, 2.05) is 7.05 Å². The van der Waals surface area contributed by atoms with Gasteiger partial charge in [-0.3, -0.25) is 0 Å². The van der Waals surface area contributed by atoms with Crippen LogP contribution in [0, 0.1) is 0 Å². The van der Waals surface area contributed by atoms with Gasteiger partial charge < -0.3 is 20.6 Å². The van der Waals surface area contributed by atoms with Gasteiger partial charge in [0.05, 0.1) is 0 Å². The van der Waals surface area contributed by atoms with Gasteiger partial charge in [-0.25, -0.2) is 9.59 Å². The lowest BCUT2D eigenvalue weighted by atomic mass is 10.2. The van der Waals surface area contributed by atoms with Gasteiger partial charge >= 0.3 is 12.0 Å². The summed E-state index contributed by atoms with van der Waals surface area (Å²) in [4.78, 5) is 24.4. The van der Waals surface area contributed by atoms with Crippen molar-refractivity contribution in [3.63, 3.8) is 0 Å². The van der Waals surface area contributed by atoms with Crippen molar-refractivity contribution in [3.8, 4) is 0 Å². The molecule has 0 radical (unpaired) electrons. The Hall–Kier alpha value is -1.30. The molecule has 0 aromatic rings. The molecule has 1 aliphatic rings. The first-order valence-corrected chi connectivity index (χ1v) is 6.02. The number of aliphatic carboxylic acids is 1. The first kappa shape index (κ1) is 13.8. The van der Waals surface area contributed by atoms with Crippen molar-refractivity contribution in [2.75, 3.05) is 20.1 Å². The molecule has 2 amide bonds. The normalized spacial score (nSPS) is 22.1. The molecule has 2 unspecified atom stereocenters. The fraction of sp³-hybridized carbons (Fsp3) is 0.818.